The first-order valence-corrected chi connectivity index (χ1v) is 14.1. The molecule has 0 aliphatic heterocycles. The topological polar surface area (TPSA) is 123 Å². The maximum Gasteiger partial charge on any atom is 0.303 e. The summed E-state index contributed by atoms with van der Waals surface area (Å²) in [6.45, 7) is 3.92. The maximum absolute atomic E-state index is 11.9. The highest BCUT2D eigenvalue weighted by atomic mass is 16.5. The number of hydrogen-bond acceptors (Lipinski definition) is 6. The van der Waals surface area contributed by atoms with Gasteiger partial charge in [-0.1, -0.05) is 77.0 Å². The fourth-order valence-corrected chi connectivity index (χ4v) is 3.77. The van der Waals surface area contributed by atoms with E-state index < -0.39 is 5.97 Å². The Labute approximate surface area is 218 Å². The van der Waals surface area contributed by atoms with E-state index in [0.717, 1.165) is 32.1 Å². The van der Waals surface area contributed by atoms with Gasteiger partial charge in [0.15, 0.2) is 0 Å². The molecule has 0 saturated carbocycles. The van der Waals surface area contributed by atoms with Crippen molar-refractivity contribution in [3.8, 4) is 0 Å². The van der Waals surface area contributed by atoms with Crippen LogP contribution in [-0.4, -0.2) is 76.1 Å². The molecular weight excluding hydrogens is 464 g/mol. The van der Waals surface area contributed by atoms with Crippen molar-refractivity contribution in [3.05, 3.63) is 0 Å². The lowest BCUT2D eigenvalue weighted by atomic mass is 10.0. The predicted octanol–water partition coefficient (Wildman–Crippen LogP) is 4.22. The van der Waals surface area contributed by atoms with Gasteiger partial charge >= 0.3 is 5.97 Å². The van der Waals surface area contributed by atoms with Gasteiger partial charge in [-0.15, -0.1) is 0 Å². The molecule has 0 heterocycles. The van der Waals surface area contributed by atoms with E-state index in [4.69, 9.17) is 19.3 Å². The lowest BCUT2D eigenvalue weighted by Crippen LogP contribution is -2.27. The lowest BCUT2D eigenvalue weighted by Gasteiger charge is -2.08. The molecule has 0 saturated heterocycles. The molecule has 9 heteroatoms. The number of ether oxygens (including phenoxy) is 3. The van der Waals surface area contributed by atoms with Gasteiger partial charge in [-0.2, -0.15) is 0 Å². The van der Waals surface area contributed by atoms with Crippen molar-refractivity contribution in [3.63, 3.8) is 0 Å². The van der Waals surface area contributed by atoms with E-state index in [2.05, 4.69) is 10.6 Å². The van der Waals surface area contributed by atoms with Crippen molar-refractivity contribution in [2.45, 2.75) is 103 Å². The zero-order valence-electron chi connectivity index (χ0n) is 22.4. The number of rotatable bonds is 30. The van der Waals surface area contributed by atoms with Crippen molar-refractivity contribution in [2.24, 2.45) is 0 Å². The fraction of sp³-hybridized carbons (Fsp3) is 0.889. The average molecular weight is 517 g/mol. The molecule has 36 heavy (non-hydrogen) atoms. The molecule has 0 rings (SSSR count). The molecule has 0 fully saturated rings. The second-order valence-electron chi connectivity index (χ2n) is 9.10. The number of unbranched alkanes of at least 4 members (excludes halogenated alkanes) is 13. The standard InChI is InChI=1S/C27H52N2O7/c30-25-28-17-19-34-21-23-36-24-22-35-20-18-29-26(31)15-13-11-9-7-5-3-1-2-4-6-8-10-12-14-16-27(32)33/h25H,1-24H2,(H,28,30)(H,29,31)(H,32,33). The van der Waals surface area contributed by atoms with Gasteiger partial charge in [0.05, 0.1) is 39.6 Å². The third kappa shape index (κ3) is 30.3. The second kappa shape index (κ2) is 29.5. The van der Waals surface area contributed by atoms with Gasteiger partial charge in [0.1, 0.15) is 0 Å². The van der Waals surface area contributed by atoms with E-state index in [0.29, 0.717) is 72.0 Å². The normalized spacial score (nSPS) is 10.9. The molecule has 0 bridgehead atoms. The summed E-state index contributed by atoms with van der Waals surface area (Å²) in [7, 11) is 0. The molecule has 0 aliphatic carbocycles. The van der Waals surface area contributed by atoms with E-state index in [-0.39, 0.29) is 5.91 Å². The van der Waals surface area contributed by atoms with Crippen molar-refractivity contribution in [1.29, 1.82) is 0 Å². The van der Waals surface area contributed by atoms with Crippen molar-refractivity contribution >= 4 is 18.3 Å². The molecule has 0 aromatic carbocycles. The molecule has 2 amide bonds. The molecule has 0 atom stereocenters. The molecule has 0 aromatic heterocycles. The number of amides is 2. The van der Waals surface area contributed by atoms with Crippen molar-refractivity contribution < 1.29 is 33.7 Å². The van der Waals surface area contributed by atoms with Crippen LogP contribution >= 0.6 is 0 Å². The smallest absolute Gasteiger partial charge is 0.303 e. The van der Waals surface area contributed by atoms with Crippen molar-refractivity contribution in [2.75, 3.05) is 52.7 Å². The molecular formula is C27H52N2O7. The van der Waals surface area contributed by atoms with Crippen LogP contribution in [0.2, 0.25) is 0 Å². The first kappa shape index (κ1) is 34.3. The monoisotopic (exact) mass is 516 g/mol. The highest BCUT2D eigenvalue weighted by molar-refractivity contribution is 5.75. The second-order valence-corrected chi connectivity index (χ2v) is 9.10. The van der Waals surface area contributed by atoms with Crippen LogP contribution in [0.1, 0.15) is 103 Å². The first-order valence-electron chi connectivity index (χ1n) is 14.1. The van der Waals surface area contributed by atoms with Gasteiger partial charge in [-0.05, 0) is 12.8 Å². The highest BCUT2D eigenvalue weighted by Crippen LogP contribution is 2.13. The quantitative estimate of drug-likeness (QED) is 0.0964. The molecule has 0 aromatic rings. The molecule has 3 N–H and O–H groups in total. The molecule has 9 nitrogen and oxygen atoms in total. The maximum atomic E-state index is 11.9. The van der Waals surface area contributed by atoms with E-state index in [1.165, 1.54) is 57.8 Å². The van der Waals surface area contributed by atoms with Crippen molar-refractivity contribution in [1.82, 2.24) is 10.6 Å². The van der Waals surface area contributed by atoms with E-state index in [1.807, 2.05) is 0 Å². The largest absolute Gasteiger partial charge is 0.481 e. The minimum atomic E-state index is -0.682. The molecule has 0 aliphatic rings. The Morgan fingerprint density at radius 3 is 1.39 bits per heavy atom. The lowest BCUT2D eigenvalue weighted by molar-refractivity contribution is -0.137. The Kier molecular flexibility index (Phi) is 28.1. The van der Waals surface area contributed by atoms with E-state index >= 15 is 0 Å². The summed E-state index contributed by atoms with van der Waals surface area (Å²) in [5.74, 6) is -0.587. The van der Waals surface area contributed by atoms with Gasteiger partial charge in [-0.25, -0.2) is 0 Å². The van der Waals surface area contributed by atoms with Gasteiger partial charge in [0.25, 0.3) is 0 Å². The number of nitrogens with one attached hydrogen (secondary N) is 2. The van der Waals surface area contributed by atoms with Crippen LogP contribution in [0.25, 0.3) is 0 Å². The Balaban J connectivity index is 3.16. The number of carbonyl (C=O) groups excluding carboxylic acids is 2. The summed E-state index contributed by atoms with van der Waals surface area (Å²) < 4.78 is 16.1. The average Bonchev–Trinajstić information content (AvgIpc) is 2.86. The van der Waals surface area contributed by atoms with Crippen LogP contribution < -0.4 is 10.6 Å². The van der Waals surface area contributed by atoms with E-state index in [9.17, 15) is 14.4 Å². The summed E-state index contributed by atoms with van der Waals surface area (Å²) in [5, 5.41) is 14.0. The Morgan fingerprint density at radius 1 is 0.556 bits per heavy atom. The minimum absolute atomic E-state index is 0.0953. The van der Waals surface area contributed by atoms with Crippen LogP contribution in [0.15, 0.2) is 0 Å². The van der Waals surface area contributed by atoms with Gasteiger partial charge in [-0.3, -0.25) is 14.4 Å². The fourth-order valence-electron chi connectivity index (χ4n) is 3.77. The zero-order valence-corrected chi connectivity index (χ0v) is 22.4. The minimum Gasteiger partial charge on any atom is -0.481 e. The summed E-state index contributed by atoms with van der Waals surface area (Å²) in [6, 6.07) is 0. The number of carbonyl (C=O) groups is 3. The van der Waals surface area contributed by atoms with Crippen LogP contribution in [0.4, 0.5) is 0 Å². The third-order valence-corrected chi connectivity index (χ3v) is 5.83. The molecule has 212 valence electrons. The van der Waals surface area contributed by atoms with Crippen LogP contribution in [0.3, 0.4) is 0 Å². The predicted molar refractivity (Wildman–Crippen MR) is 141 cm³/mol. The summed E-state index contributed by atoms with van der Waals surface area (Å²) in [6.07, 6.45) is 18.1. The highest BCUT2D eigenvalue weighted by Gasteiger charge is 2.01. The number of aliphatic carboxylic acids is 1. The Bertz CT molecular complexity index is 507. The Morgan fingerprint density at radius 2 is 0.944 bits per heavy atom. The summed E-state index contributed by atoms with van der Waals surface area (Å²) >= 11 is 0. The SMILES string of the molecule is O=CNCCOCCOCCOCCNC(=O)CCCCCCCCCCCCCCCCC(=O)O. The molecule has 0 radical (unpaired) electrons. The zero-order chi connectivity index (χ0) is 26.4. The van der Waals surface area contributed by atoms with Crippen LogP contribution in [0.5, 0.6) is 0 Å². The number of carboxylic acid groups (broad SMARTS) is 1. The third-order valence-electron chi connectivity index (χ3n) is 5.83. The first-order chi connectivity index (χ1) is 17.7. The summed E-state index contributed by atoms with van der Waals surface area (Å²) in [4.78, 5) is 32.3. The van der Waals surface area contributed by atoms with Crippen LogP contribution in [-0.2, 0) is 28.6 Å². The van der Waals surface area contributed by atoms with Gasteiger partial charge < -0.3 is 30.0 Å². The number of carboxylic acids is 1. The van der Waals surface area contributed by atoms with Crippen LogP contribution in [0, 0.1) is 0 Å². The van der Waals surface area contributed by atoms with Gasteiger partial charge in [0.2, 0.25) is 12.3 Å². The van der Waals surface area contributed by atoms with Gasteiger partial charge in [0, 0.05) is 25.9 Å². The molecule has 0 unspecified atom stereocenters. The molecule has 0 spiro atoms. The number of hydrogen-bond donors (Lipinski definition) is 3. The van der Waals surface area contributed by atoms with E-state index in [1.54, 1.807) is 0 Å². The Hall–Kier alpha value is -1.71. The summed E-state index contributed by atoms with van der Waals surface area (Å²) in [5.41, 5.74) is 0.